The number of hydrogen-bond donors (Lipinski definition) is 1. The van der Waals surface area contributed by atoms with Crippen LogP contribution in [0.3, 0.4) is 0 Å². The molecule has 0 unspecified atom stereocenters. The van der Waals surface area contributed by atoms with Gasteiger partial charge in [0.1, 0.15) is 11.4 Å². The zero-order valence-electron chi connectivity index (χ0n) is 15.0. The molecule has 136 valence electrons. The maximum absolute atomic E-state index is 12.7. The molecule has 3 rings (SSSR count). The van der Waals surface area contributed by atoms with Crippen molar-refractivity contribution in [3.05, 3.63) is 60.9 Å². The molecule has 1 aromatic carbocycles. The first kappa shape index (κ1) is 17.8. The molecule has 1 aliphatic rings. The summed E-state index contributed by atoms with van der Waals surface area (Å²) >= 11 is 0. The lowest BCUT2D eigenvalue weighted by molar-refractivity contribution is 0.0741. The molecule has 1 aliphatic heterocycles. The zero-order valence-corrected chi connectivity index (χ0v) is 15.0. The third-order valence-corrected chi connectivity index (χ3v) is 4.43. The molecule has 6 nitrogen and oxygen atoms in total. The Morgan fingerprint density at radius 1 is 1.23 bits per heavy atom. The molecule has 0 spiro atoms. The number of pyridine rings is 1. The second-order valence-corrected chi connectivity index (χ2v) is 6.05. The Kier molecular flexibility index (Phi) is 5.73. The van der Waals surface area contributed by atoms with Crippen LogP contribution in [-0.4, -0.2) is 55.6 Å². The minimum absolute atomic E-state index is 0.0278. The van der Waals surface area contributed by atoms with Gasteiger partial charge in [-0.15, -0.1) is 6.58 Å². The van der Waals surface area contributed by atoms with Gasteiger partial charge in [0.05, 0.1) is 24.7 Å². The van der Waals surface area contributed by atoms with Crippen molar-refractivity contribution in [3.8, 4) is 5.75 Å². The van der Waals surface area contributed by atoms with Gasteiger partial charge in [0, 0.05) is 32.7 Å². The van der Waals surface area contributed by atoms with Crippen molar-refractivity contribution >= 4 is 17.3 Å². The highest BCUT2D eigenvalue weighted by Crippen LogP contribution is 2.28. The topological polar surface area (TPSA) is 57.7 Å². The van der Waals surface area contributed by atoms with Crippen molar-refractivity contribution in [3.63, 3.8) is 0 Å². The fourth-order valence-corrected chi connectivity index (χ4v) is 3.02. The number of rotatable bonds is 6. The highest BCUT2D eigenvalue weighted by atomic mass is 16.5. The summed E-state index contributed by atoms with van der Waals surface area (Å²) in [4.78, 5) is 21.1. The summed E-state index contributed by atoms with van der Waals surface area (Å²) in [5.41, 5.74) is 2.42. The van der Waals surface area contributed by atoms with E-state index < -0.39 is 0 Å². The lowest BCUT2D eigenvalue weighted by Gasteiger charge is -2.36. The number of anilines is 2. The Morgan fingerprint density at radius 3 is 2.65 bits per heavy atom. The van der Waals surface area contributed by atoms with Crippen molar-refractivity contribution in [2.24, 2.45) is 0 Å². The normalized spacial score (nSPS) is 14.0. The molecule has 1 N–H and O–H groups in total. The Labute approximate surface area is 154 Å². The first-order chi connectivity index (χ1) is 12.7. The van der Waals surface area contributed by atoms with E-state index in [-0.39, 0.29) is 5.91 Å². The van der Waals surface area contributed by atoms with Gasteiger partial charge in [0.2, 0.25) is 0 Å². The fraction of sp³-hybridized carbons (Fsp3) is 0.300. The third-order valence-electron chi connectivity index (χ3n) is 4.43. The number of nitrogens with one attached hydrogen (secondary N) is 1. The lowest BCUT2D eigenvalue weighted by Crippen LogP contribution is -2.49. The predicted molar refractivity (Wildman–Crippen MR) is 104 cm³/mol. The first-order valence-corrected chi connectivity index (χ1v) is 8.71. The molecule has 1 saturated heterocycles. The van der Waals surface area contributed by atoms with Crippen LogP contribution in [0.25, 0.3) is 0 Å². The standard InChI is InChI=1S/C20H24N4O2/c1-3-10-21-16-8-9-17(22-15-16)20(25)24-13-11-23(12-14-24)18-6-4-5-7-19(18)26-2/h3-9,15,21H,1,10-14H2,2H3. The Morgan fingerprint density at radius 2 is 2.00 bits per heavy atom. The number of benzene rings is 1. The zero-order chi connectivity index (χ0) is 18.4. The predicted octanol–water partition coefficient (Wildman–Crippen LogP) is 2.65. The van der Waals surface area contributed by atoms with Gasteiger partial charge < -0.3 is 19.9 Å². The van der Waals surface area contributed by atoms with Crippen molar-refractivity contribution in [2.75, 3.05) is 50.1 Å². The molecular weight excluding hydrogens is 328 g/mol. The van der Waals surface area contributed by atoms with Crippen molar-refractivity contribution in [1.29, 1.82) is 0 Å². The molecule has 0 saturated carbocycles. The molecule has 0 bridgehead atoms. The van der Waals surface area contributed by atoms with Gasteiger partial charge in [-0.25, -0.2) is 4.98 Å². The van der Waals surface area contributed by atoms with Gasteiger partial charge in [0.15, 0.2) is 0 Å². The molecule has 0 radical (unpaired) electrons. The quantitative estimate of drug-likeness (QED) is 0.810. The Bertz CT molecular complexity index is 753. The summed E-state index contributed by atoms with van der Waals surface area (Å²) in [6.45, 7) is 7.19. The largest absolute Gasteiger partial charge is 0.495 e. The molecule has 6 heteroatoms. The smallest absolute Gasteiger partial charge is 0.272 e. The van der Waals surface area contributed by atoms with E-state index in [1.54, 1.807) is 25.4 Å². The summed E-state index contributed by atoms with van der Waals surface area (Å²) in [5.74, 6) is 0.830. The van der Waals surface area contributed by atoms with Gasteiger partial charge in [-0.3, -0.25) is 4.79 Å². The van der Waals surface area contributed by atoms with E-state index in [1.807, 2.05) is 35.2 Å². The molecule has 26 heavy (non-hydrogen) atoms. The fourth-order valence-electron chi connectivity index (χ4n) is 3.02. The summed E-state index contributed by atoms with van der Waals surface area (Å²) in [6.07, 6.45) is 3.46. The summed E-state index contributed by atoms with van der Waals surface area (Å²) in [6, 6.07) is 11.6. The molecule has 1 amide bonds. The van der Waals surface area contributed by atoms with Gasteiger partial charge >= 0.3 is 0 Å². The molecule has 2 aromatic rings. The van der Waals surface area contributed by atoms with Crippen molar-refractivity contribution in [2.45, 2.75) is 0 Å². The minimum atomic E-state index is -0.0278. The van der Waals surface area contributed by atoms with Crippen LogP contribution >= 0.6 is 0 Å². The summed E-state index contributed by atoms with van der Waals surface area (Å²) in [5, 5.41) is 3.15. The van der Waals surface area contributed by atoms with Crippen LogP contribution < -0.4 is 15.0 Å². The maximum Gasteiger partial charge on any atom is 0.272 e. The number of amides is 1. The van der Waals surface area contributed by atoms with Gasteiger partial charge in [0.25, 0.3) is 5.91 Å². The van der Waals surface area contributed by atoms with E-state index in [2.05, 4.69) is 21.8 Å². The molecule has 1 aromatic heterocycles. The number of aromatic nitrogens is 1. The van der Waals surface area contributed by atoms with Crippen LogP contribution in [0.15, 0.2) is 55.3 Å². The second-order valence-electron chi connectivity index (χ2n) is 6.05. The number of para-hydroxylation sites is 2. The van der Waals surface area contributed by atoms with Crippen molar-refractivity contribution < 1.29 is 9.53 Å². The number of hydrogen-bond acceptors (Lipinski definition) is 5. The van der Waals surface area contributed by atoms with Crippen LogP contribution in [0, 0.1) is 0 Å². The van der Waals surface area contributed by atoms with E-state index in [9.17, 15) is 4.79 Å². The second kappa shape index (κ2) is 8.38. The highest BCUT2D eigenvalue weighted by molar-refractivity contribution is 5.92. The maximum atomic E-state index is 12.7. The number of ether oxygens (including phenoxy) is 1. The van der Waals surface area contributed by atoms with E-state index in [4.69, 9.17) is 4.74 Å². The minimum Gasteiger partial charge on any atom is -0.495 e. The SMILES string of the molecule is C=CCNc1ccc(C(=O)N2CCN(c3ccccc3OC)CC2)nc1. The van der Waals surface area contributed by atoms with Crippen LogP contribution in [0.4, 0.5) is 11.4 Å². The number of carbonyl (C=O) groups is 1. The first-order valence-electron chi connectivity index (χ1n) is 8.71. The van der Waals surface area contributed by atoms with Crippen LogP contribution in [0.2, 0.25) is 0 Å². The number of nitrogens with zero attached hydrogens (tertiary/aromatic N) is 3. The third kappa shape index (κ3) is 3.96. The van der Waals surface area contributed by atoms with E-state index >= 15 is 0 Å². The number of piperazine rings is 1. The van der Waals surface area contributed by atoms with E-state index in [0.29, 0.717) is 25.3 Å². The summed E-state index contributed by atoms with van der Waals surface area (Å²) < 4.78 is 5.44. The summed E-state index contributed by atoms with van der Waals surface area (Å²) in [7, 11) is 1.68. The molecule has 2 heterocycles. The van der Waals surface area contributed by atoms with Crippen molar-refractivity contribution in [1.82, 2.24) is 9.88 Å². The average Bonchev–Trinajstić information content (AvgIpc) is 2.72. The Hall–Kier alpha value is -3.02. The highest BCUT2D eigenvalue weighted by Gasteiger charge is 2.24. The Balaban J connectivity index is 1.60. The van der Waals surface area contributed by atoms with Gasteiger partial charge in [-0.1, -0.05) is 18.2 Å². The van der Waals surface area contributed by atoms with E-state index in [1.165, 1.54) is 0 Å². The van der Waals surface area contributed by atoms with Gasteiger partial charge in [-0.05, 0) is 24.3 Å². The van der Waals surface area contributed by atoms with E-state index in [0.717, 1.165) is 30.2 Å². The molecule has 0 atom stereocenters. The van der Waals surface area contributed by atoms with Crippen LogP contribution in [-0.2, 0) is 0 Å². The average molecular weight is 352 g/mol. The molecular formula is C20H24N4O2. The molecule has 0 aliphatic carbocycles. The van der Waals surface area contributed by atoms with Crippen LogP contribution in [0.1, 0.15) is 10.5 Å². The monoisotopic (exact) mass is 352 g/mol. The lowest BCUT2D eigenvalue weighted by atomic mass is 10.2. The number of methoxy groups -OCH3 is 1. The molecule has 1 fully saturated rings. The van der Waals surface area contributed by atoms with Gasteiger partial charge in [-0.2, -0.15) is 0 Å². The number of carbonyl (C=O) groups excluding carboxylic acids is 1. The van der Waals surface area contributed by atoms with Crippen LogP contribution in [0.5, 0.6) is 5.75 Å².